The standard InChI is InChI=1S/C28H41FO/c1-3-5-7-20-8-9-22-16-23(11-10-21(22)15-20)24-12-13-25-19-28(30-14-6-4-2)27(29)18-26(25)17-24/h4,6,18-24H,3,5,7-17H2,1-2H3/b6-4+. The Morgan fingerprint density at radius 2 is 1.73 bits per heavy atom. The zero-order valence-corrected chi connectivity index (χ0v) is 19.2. The highest BCUT2D eigenvalue weighted by Crippen LogP contribution is 2.49. The lowest BCUT2D eigenvalue weighted by Crippen LogP contribution is -2.35. The topological polar surface area (TPSA) is 9.23 Å². The van der Waals surface area contributed by atoms with Crippen molar-refractivity contribution >= 4 is 0 Å². The van der Waals surface area contributed by atoms with Gasteiger partial charge in [0.25, 0.3) is 0 Å². The number of rotatable bonds is 7. The number of ether oxygens (including phenoxy) is 1. The van der Waals surface area contributed by atoms with Gasteiger partial charge in [0.2, 0.25) is 0 Å². The molecular formula is C28H41FO. The molecule has 0 bridgehead atoms. The van der Waals surface area contributed by atoms with E-state index in [4.69, 9.17) is 4.74 Å². The minimum Gasteiger partial charge on any atom is -0.486 e. The number of aryl methyl sites for hydroxylation is 1. The molecule has 30 heavy (non-hydrogen) atoms. The van der Waals surface area contributed by atoms with Crippen molar-refractivity contribution < 1.29 is 9.13 Å². The third-order valence-corrected chi connectivity index (χ3v) is 8.49. The molecule has 0 N–H and O–H groups in total. The van der Waals surface area contributed by atoms with Gasteiger partial charge in [0.15, 0.2) is 11.6 Å². The first kappa shape index (κ1) is 21.9. The lowest BCUT2D eigenvalue weighted by atomic mass is 9.61. The van der Waals surface area contributed by atoms with Crippen LogP contribution in [0.3, 0.4) is 0 Å². The van der Waals surface area contributed by atoms with Crippen molar-refractivity contribution in [3.8, 4) is 5.75 Å². The number of benzene rings is 1. The zero-order valence-electron chi connectivity index (χ0n) is 19.2. The van der Waals surface area contributed by atoms with E-state index in [-0.39, 0.29) is 5.82 Å². The van der Waals surface area contributed by atoms with Gasteiger partial charge in [-0.3, -0.25) is 0 Å². The number of unbranched alkanes of at least 4 members (excludes halogenated alkanes) is 1. The number of fused-ring (bicyclic) bond motifs is 2. The van der Waals surface area contributed by atoms with Crippen molar-refractivity contribution in [2.75, 3.05) is 6.61 Å². The quantitative estimate of drug-likeness (QED) is 0.413. The Morgan fingerprint density at radius 3 is 2.53 bits per heavy atom. The van der Waals surface area contributed by atoms with Crippen molar-refractivity contribution in [1.82, 2.24) is 0 Å². The Balaban J connectivity index is 1.34. The zero-order chi connectivity index (χ0) is 20.9. The summed E-state index contributed by atoms with van der Waals surface area (Å²) in [5.74, 6) is 4.84. The first-order valence-corrected chi connectivity index (χ1v) is 12.7. The van der Waals surface area contributed by atoms with Crippen molar-refractivity contribution in [2.45, 2.75) is 90.9 Å². The normalized spacial score (nSPS) is 31.4. The molecule has 1 nitrogen and oxygen atoms in total. The molecule has 3 aliphatic carbocycles. The summed E-state index contributed by atoms with van der Waals surface area (Å²) in [6, 6.07) is 3.75. The van der Waals surface area contributed by atoms with Gasteiger partial charge in [-0.15, -0.1) is 0 Å². The largest absolute Gasteiger partial charge is 0.486 e. The molecule has 0 aliphatic heterocycles. The minimum absolute atomic E-state index is 0.187. The maximum Gasteiger partial charge on any atom is 0.165 e. The molecule has 2 saturated carbocycles. The molecule has 5 unspecified atom stereocenters. The monoisotopic (exact) mass is 412 g/mol. The Labute approximate surface area is 183 Å². The average molecular weight is 413 g/mol. The fourth-order valence-electron chi connectivity index (χ4n) is 6.74. The summed E-state index contributed by atoms with van der Waals surface area (Å²) < 4.78 is 20.2. The molecule has 0 spiro atoms. The van der Waals surface area contributed by atoms with Gasteiger partial charge in [0, 0.05) is 0 Å². The molecule has 1 aromatic rings. The smallest absolute Gasteiger partial charge is 0.165 e. The van der Waals surface area contributed by atoms with Gasteiger partial charge in [-0.05, 0) is 111 Å². The third kappa shape index (κ3) is 5.11. The number of hydrogen-bond donors (Lipinski definition) is 0. The van der Waals surface area contributed by atoms with E-state index in [2.05, 4.69) is 6.92 Å². The van der Waals surface area contributed by atoms with E-state index in [9.17, 15) is 4.39 Å². The maximum atomic E-state index is 14.6. The third-order valence-electron chi connectivity index (χ3n) is 8.49. The van der Waals surface area contributed by atoms with E-state index >= 15 is 0 Å². The van der Waals surface area contributed by atoms with Crippen molar-refractivity contribution in [3.63, 3.8) is 0 Å². The SMILES string of the molecule is C/C=C/COc1cc2c(cc1F)CC(C1CCC3CC(CCCC)CCC3C1)CC2. The van der Waals surface area contributed by atoms with Gasteiger partial charge in [-0.2, -0.15) is 0 Å². The van der Waals surface area contributed by atoms with E-state index in [0.29, 0.717) is 12.4 Å². The van der Waals surface area contributed by atoms with Crippen LogP contribution in [0.4, 0.5) is 4.39 Å². The van der Waals surface area contributed by atoms with E-state index < -0.39 is 0 Å². The highest BCUT2D eigenvalue weighted by Gasteiger charge is 2.38. The number of hydrogen-bond acceptors (Lipinski definition) is 1. The Kier molecular flexibility index (Phi) is 7.55. The highest BCUT2D eigenvalue weighted by atomic mass is 19.1. The number of halogens is 1. The summed E-state index contributed by atoms with van der Waals surface area (Å²) in [5, 5.41) is 0. The van der Waals surface area contributed by atoms with Gasteiger partial charge in [-0.25, -0.2) is 4.39 Å². The molecule has 2 heteroatoms. The fraction of sp³-hybridized carbons (Fsp3) is 0.714. The molecule has 0 saturated heterocycles. The van der Waals surface area contributed by atoms with Crippen molar-refractivity contribution in [3.05, 3.63) is 41.2 Å². The summed E-state index contributed by atoms with van der Waals surface area (Å²) in [4.78, 5) is 0. The highest BCUT2D eigenvalue weighted by molar-refractivity contribution is 5.39. The van der Waals surface area contributed by atoms with Gasteiger partial charge >= 0.3 is 0 Å². The van der Waals surface area contributed by atoms with Gasteiger partial charge in [0.05, 0.1) is 0 Å². The van der Waals surface area contributed by atoms with Crippen LogP contribution in [0, 0.1) is 35.4 Å². The van der Waals surface area contributed by atoms with E-state index in [1.807, 2.05) is 25.1 Å². The van der Waals surface area contributed by atoms with Crippen LogP contribution >= 0.6 is 0 Å². The Morgan fingerprint density at radius 1 is 0.967 bits per heavy atom. The molecule has 166 valence electrons. The van der Waals surface area contributed by atoms with Crippen LogP contribution in [0.25, 0.3) is 0 Å². The van der Waals surface area contributed by atoms with Gasteiger partial charge in [0.1, 0.15) is 6.61 Å². The van der Waals surface area contributed by atoms with Gasteiger partial charge in [-0.1, -0.05) is 44.8 Å². The molecule has 5 atom stereocenters. The van der Waals surface area contributed by atoms with Gasteiger partial charge < -0.3 is 4.74 Å². The van der Waals surface area contributed by atoms with E-state index in [1.165, 1.54) is 75.3 Å². The van der Waals surface area contributed by atoms with Crippen LogP contribution in [-0.4, -0.2) is 6.61 Å². The molecule has 1 aromatic carbocycles. The molecule has 0 radical (unpaired) electrons. The molecular weight excluding hydrogens is 371 g/mol. The van der Waals surface area contributed by atoms with Crippen molar-refractivity contribution in [2.24, 2.45) is 29.6 Å². The fourth-order valence-corrected chi connectivity index (χ4v) is 6.74. The Bertz CT molecular complexity index is 724. The summed E-state index contributed by atoms with van der Waals surface area (Å²) in [5.41, 5.74) is 2.56. The molecule has 4 rings (SSSR count). The van der Waals surface area contributed by atoms with E-state index in [1.54, 1.807) is 6.07 Å². The summed E-state index contributed by atoms with van der Waals surface area (Å²) in [6.45, 7) is 4.72. The van der Waals surface area contributed by atoms with E-state index in [0.717, 1.165) is 42.4 Å². The lowest BCUT2D eigenvalue weighted by molar-refractivity contribution is 0.0691. The molecule has 0 amide bonds. The van der Waals surface area contributed by atoms with Crippen LogP contribution in [0.15, 0.2) is 24.3 Å². The van der Waals surface area contributed by atoms with Crippen LogP contribution in [-0.2, 0) is 12.8 Å². The summed E-state index contributed by atoms with van der Waals surface area (Å²) in [6.07, 6.45) is 20.3. The summed E-state index contributed by atoms with van der Waals surface area (Å²) in [7, 11) is 0. The second-order valence-electron chi connectivity index (χ2n) is 10.3. The van der Waals surface area contributed by atoms with Crippen LogP contribution in [0.1, 0.15) is 89.2 Å². The predicted octanol–water partition coefficient (Wildman–Crippen LogP) is 7.91. The second-order valence-corrected chi connectivity index (χ2v) is 10.3. The minimum atomic E-state index is -0.187. The molecule has 0 aromatic heterocycles. The maximum absolute atomic E-state index is 14.6. The Hall–Kier alpha value is -1.31. The predicted molar refractivity (Wildman–Crippen MR) is 123 cm³/mol. The average Bonchev–Trinajstić information content (AvgIpc) is 2.77. The van der Waals surface area contributed by atoms with Crippen LogP contribution in [0.5, 0.6) is 5.75 Å². The lowest BCUT2D eigenvalue weighted by Gasteiger charge is -2.45. The summed E-state index contributed by atoms with van der Waals surface area (Å²) >= 11 is 0. The van der Waals surface area contributed by atoms with Crippen LogP contribution in [0.2, 0.25) is 0 Å². The number of allylic oxidation sites excluding steroid dienone is 1. The molecule has 3 aliphatic rings. The van der Waals surface area contributed by atoms with Crippen LogP contribution < -0.4 is 4.74 Å². The van der Waals surface area contributed by atoms with Crippen molar-refractivity contribution in [1.29, 1.82) is 0 Å². The second kappa shape index (κ2) is 10.3. The molecule has 0 heterocycles. The molecule has 2 fully saturated rings. The first-order valence-electron chi connectivity index (χ1n) is 12.7. The first-order chi connectivity index (χ1) is 14.7.